The Morgan fingerprint density at radius 1 is 0.909 bits per heavy atom. The molecular formula is C26H22FN3OS2. The highest BCUT2D eigenvalue weighted by atomic mass is 32.2. The fourth-order valence-electron chi connectivity index (χ4n) is 2.95. The summed E-state index contributed by atoms with van der Waals surface area (Å²) in [6, 6.07) is 22.0. The number of thioether (sulfide) groups is 1. The van der Waals surface area contributed by atoms with Crippen LogP contribution in [-0.2, 0) is 5.75 Å². The number of nitrogens with zero attached hydrogens (tertiary/aromatic N) is 2. The average Bonchev–Trinajstić information content (AvgIpc) is 2.82. The zero-order valence-electron chi connectivity index (χ0n) is 18.2. The van der Waals surface area contributed by atoms with Gasteiger partial charge in [0.2, 0.25) is 0 Å². The van der Waals surface area contributed by atoms with Crippen LogP contribution in [0.2, 0.25) is 0 Å². The molecule has 0 atom stereocenters. The Morgan fingerprint density at radius 3 is 2.21 bits per heavy atom. The molecule has 0 spiro atoms. The molecule has 166 valence electrons. The second-order valence-electron chi connectivity index (χ2n) is 7.52. The van der Waals surface area contributed by atoms with E-state index in [1.807, 2.05) is 31.2 Å². The number of amides is 1. The lowest BCUT2D eigenvalue weighted by Crippen LogP contribution is -2.16. The first-order valence-electron chi connectivity index (χ1n) is 10.3. The molecule has 0 unspecified atom stereocenters. The molecule has 3 aromatic carbocycles. The van der Waals surface area contributed by atoms with Gasteiger partial charge in [0.05, 0.1) is 4.90 Å². The normalized spacial score (nSPS) is 10.8. The number of carbonyl (C=O) groups is 1. The van der Waals surface area contributed by atoms with Gasteiger partial charge in [0, 0.05) is 22.5 Å². The van der Waals surface area contributed by atoms with Crippen LogP contribution in [0.15, 0.2) is 93.9 Å². The summed E-state index contributed by atoms with van der Waals surface area (Å²) in [5.41, 5.74) is 4.31. The van der Waals surface area contributed by atoms with Crippen LogP contribution in [0.25, 0.3) is 0 Å². The fourth-order valence-corrected chi connectivity index (χ4v) is 4.59. The van der Waals surface area contributed by atoms with Crippen LogP contribution in [0.1, 0.15) is 27.2 Å². The Hall–Kier alpha value is -3.16. The molecule has 0 fully saturated rings. The van der Waals surface area contributed by atoms with E-state index in [0.717, 1.165) is 16.0 Å². The van der Waals surface area contributed by atoms with E-state index in [1.54, 1.807) is 6.20 Å². The summed E-state index contributed by atoms with van der Waals surface area (Å²) in [6.07, 6.45) is 1.69. The number of aryl methyl sites for hydroxylation is 2. The first kappa shape index (κ1) is 23.0. The Bertz CT molecular complexity index is 1240. The van der Waals surface area contributed by atoms with Gasteiger partial charge in [-0.2, -0.15) is 0 Å². The van der Waals surface area contributed by atoms with Crippen LogP contribution in [0.5, 0.6) is 0 Å². The standard InChI is InChI=1S/C26H22FN3OS2/c1-17-3-7-19(8-4-17)16-32-26-28-15-23(33-22-13-5-18(2)6-14-22)24(30-26)25(31)29-21-11-9-20(27)10-12-21/h3-15H,16H2,1-2H3,(H,29,31). The lowest BCUT2D eigenvalue weighted by molar-refractivity contribution is 0.101. The molecule has 7 heteroatoms. The molecule has 0 bridgehead atoms. The topological polar surface area (TPSA) is 54.9 Å². The molecule has 0 saturated carbocycles. The molecule has 4 aromatic rings. The van der Waals surface area contributed by atoms with Crippen molar-refractivity contribution in [1.82, 2.24) is 9.97 Å². The number of hydrogen-bond acceptors (Lipinski definition) is 5. The maximum atomic E-state index is 13.2. The second kappa shape index (κ2) is 10.6. The molecule has 1 amide bonds. The van der Waals surface area contributed by atoms with E-state index < -0.39 is 0 Å². The van der Waals surface area contributed by atoms with Gasteiger partial charge in [-0.05, 0) is 55.8 Å². The predicted molar refractivity (Wildman–Crippen MR) is 132 cm³/mol. The van der Waals surface area contributed by atoms with E-state index in [0.29, 0.717) is 21.5 Å². The molecular weight excluding hydrogens is 453 g/mol. The number of aromatic nitrogens is 2. The molecule has 1 heterocycles. The smallest absolute Gasteiger partial charge is 0.275 e. The quantitative estimate of drug-likeness (QED) is 0.232. The SMILES string of the molecule is Cc1ccc(CSc2ncc(Sc3ccc(C)cc3)c(C(=O)Nc3ccc(F)cc3)n2)cc1. The largest absolute Gasteiger partial charge is 0.321 e. The summed E-state index contributed by atoms with van der Waals surface area (Å²) >= 11 is 2.91. The number of carbonyl (C=O) groups excluding carboxylic acids is 1. The molecule has 0 aliphatic rings. The van der Waals surface area contributed by atoms with E-state index in [-0.39, 0.29) is 17.4 Å². The molecule has 4 rings (SSSR count). The van der Waals surface area contributed by atoms with E-state index in [1.165, 1.54) is 53.4 Å². The number of halogens is 1. The zero-order valence-corrected chi connectivity index (χ0v) is 19.8. The minimum Gasteiger partial charge on any atom is -0.321 e. The maximum absolute atomic E-state index is 13.2. The van der Waals surface area contributed by atoms with Gasteiger partial charge in [0.15, 0.2) is 5.16 Å². The van der Waals surface area contributed by atoms with E-state index in [9.17, 15) is 9.18 Å². The highest BCUT2D eigenvalue weighted by Crippen LogP contribution is 2.31. The molecule has 0 radical (unpaired) electrons. The molecule has 1 N–H and O–H groups in total. The number of benzene rings is 3. The Kier molecular flexibility index (Phi) is 7.42. The number of rotatable bonds is 7. The summed E-state index contributed by atoms with van der Waals surface area (Å²) < 4.78 is 13.2. The van der Waals surface area contributed by atoms with Gasteiger partial charge in [-0.3, -0.25) is 4.79 Å². The van der Waals surface area contributed by atoms with Crippen molar-refractivity contribution in [3.8, 4) is 0 Å². The highest BCUT2D eigenvalue weighted by Gasteiger charge is 2.17. The van der Waals surface area contributed by atoms with Gasteiger partial charge in [0.25, 0.3) is 5.91 Å². The van der Waals surface area contributed by atoms with Crippen molar-refractivity contribution in [3.05, 3.63) is 107 Å². The van der Waals surface area contributed by atoms with Crippen molar-refractivity contribution in [2.75, 3.05) is 5.32 Å². The van der Waals surface area contributed by atoms with Crippen LogP contribution in [0.3, 0.4) is 0 Å². The summed E-state index contributed by atoms with van der Waals surface area (Å²) in [4.78, 5) is 23.8. The van der Waals surface area contributed by atoms with Gasteiger partial charge < -0.3 is 5.32 Å². The van der Waals surface area contributed by atoms with Gasteiger partial charge in [-0.1, -0.05) is 71.0 Å². The molecule has 0 saturated heterocycles. The van der Waals surface area contributed by atoms with Gasteiger partial charge >= 0.3 is 0 Å². The van der Waals surface area contributed by atoms with Crippen molar-refractivity contribution in [3.63, 3.8) is 0 Å². The monoisotopic (exact) mass is 475 g/mol. The number of anilines is 1. The van der Waals surface area contributed by atoms with Crippen molar-refractivity contribution in [2.45, 2.75) is 34.5 Å². The molecule has 1 aromatic heterocycles. The lowest BCUT2D eigenvalue weighted by atomic mass is 10.2. The zero-order chi connectivity index (χ0) is 23.2. The third-order valence-electron chi connectivity index (χ3n) is 4.79. The van der Waals surface area contributed by atoms with E-state index >= 15 is 0 Å². The number of nitrogens with one attached hydrogen (secondary N) is 1. The Labute approximate surface area is 201 Å². The van der Waals surface area contributed by atoms with Gasteiger partial charge in [0.1, 0.15) is 11.5 Å². The van der Waals surface area contributed by atoms with Crippen LogP contribution < -0.4 is 5.32 Å². The Morgan fingerprint density at radius 2 is 1.55 bits per heavy atom. The third kappa shape index (κ3) is 6.43. The van der Waals surface area contributed by atoms with Crippen molar-refractivity contribution < 1.29 is 9.18 Å². The van der Waals surface area contributed by atoms with Crippen LogP contribution in [-0.4, -0.2) is 15.9 Å². The summed E-state index contributed by atoms with van der Waals surface area (Å²) in [5.74, 6) is -0.0275. The first-order chi connectivity index (χ1) is 16.0. The van der Waals surface area contributed by atoms with Crippen LogP contribution in [0.4, 0.5) is 10.1 Å². The lowest BCUT2D eigenvalue weighted by Gasteiger charge is -2.11. The maximum Gasteiger partial charge on any atom is 0.275 e. The fraction of sp³-hybridized carbons (Fsp3) is 0.115. The minimum absolute atomic E-state index is 0.284. The molecule has 4 nitrogen and oxygen atoms in total. The number of hydrogen-bond donors (Lipinski definition) is 1. The molecule has 0 aliphatic heterocycles. The van der Waals surface area contributed by atoms with Gasteiger partial charge in [-0.25, -0.2) is 14.4 Å². The predicted octanol–water partition coefficient (Wildman–Crippen LogP) is 6.93. The highest BCUT2D eigenvalue weighted by molar-refractivity contribution is 7.99. The summed E-state index contributed by atoms with van der Waals surface area (Å²) in [6.45, 7) is 4.08. The third-order valence-corrected chi connectivity index (χ3v) is 6.75. The van der Waals surface area contributed by atoms with E-state index in [4.69, 9.17) is 0 Å². The molecule has 33 heavy (non-hydrogen) atoms. The summed E-state index contributed by atoms with van der Waals surface area (Å²) in [5, 5.41) is 3.33. The average molecular weight is 476 g/mol. The Balaban J connectivity index is 1.58. The minimum atomic E-state index is -0.365. The van der Waals surface area contributed by atoms with Crippen molar-refractivity contribution in [2.24, 2.45) is 0 Å². The first-order valence-corrected chi connectivity index (χ1v) is 12.1. The molecule has 0 aliphatic carbocycles. The van der Waals surface area contributed by atoms with E-state index in [2.05, 4.69) is 46.5 Å². The second-order valence-corrected chi connectivity index (χ2v) is 9.57. The van der Waals surface area contributed by atoms with Crippen molar-refractivity contribution in [1.29, 1.82) is 0 Å². The van der Waals surface area contributed by atoms with Crippen molar-refractivity contribution >= 4 is 35.1 Å². The van der Waals surface area contributed by atoms with Crippen LogP contribution >= 0.6 is 23.5 Å². The van der Waals surface area contributed by atoms with Gasteiger partial charge in [-0.15, -0.1) is 0 Å². The summed E-state index contributed by atoms with van der Waals surface area (Å²) in [7, 11) is 0. The van der Waals surface area contributed by atoms with Crippen LogP contribution in [0, 0.1) is 19.7 Å².